The van der Waals surface area contributed by atoms with Gasteiger partial charge in [0.05, 0.1) is 18.1 Å². The molecule has 6 nitrogen and oxygen atoms in total. The summed E-state index contributed by atoms with van der Waals surface area (Å²) in [6, 6.07) is 1.92. The Labute approximate surface area is 113 Å². The number of hydrogen-bond acceptors (Lipinski definition) is 4. The summed E-state index contributed by atoms with van der Waals surface area (Å²) in [7, 11) is 0. The highest BCUT2D eigenvalue weighted by molar-refractivity contribution is 9.10. The van der Waals surface area contributed by atoms with Crippen LogP contribution in [0.25, 0.3) is 0 Å². The van der Waals surface area contributed by atoms with Crippen molar-refractivity contribution in [2.24, 2.45) is 0 Å². The fraction of sp³-hybridized carbons (Fsp3) is 0.273. The Morgan fingerprint density at radius 1 is 1.39 bits per heavy atom. The van der Waals surface area contributed by atoms with E-state index >= 15 is 0 Å². The molecular formula is C11H12BrN5O. The third-order valence-electron chi connectivity index (χ3n) is 2.28. The van der Waals surface area contributed by atoms with Crippen molar-refractivity contribution in [1.29, 1.82) is 0 Å². The van der Waals surface area contributed by atoms with E-state index in [1.54, 1.807) is 4.68 Å². The van der Waals surface area contributed by atoms with Crippen molar-refractivity contribution in [3.05, 3.63) is 34.5 Å². The van der Waals surface area contributed by atoms with Crippen LogP contribution in [0.2, 0.25) is 0 Å². The Morgan fingerprint density at radius 2 is 2.17 bits per heavy atom. The maximum Gasteiger partial charge on any atom is 0.247 e. The average molecular weight is 310 g/mol. The van der Waals surface area contributed by atoms with Gasteiger partial charge in [0.25, 0.3) is 0 Å². The number of carbonyl (C=O) groups excluding carboxylic acids is 1. The Kier molecular flexibility index (Phi) is 3.71. The van der Waals surface area contributed by atoms with Crippen LogP contribution in [0, 0.1) is 13.8 Å². The zero-order valence-electron chi connectivity index (χ0n) is 10.0. The van der Waals surface area contributed by atoms with Crippen LogP contribution < -0.4 is 5.32 Å². The van der Waals surface area contributed by atoms with Gasteiger partial charge in [-0.3, -0.25) is 9.48 Å². The summed E-state index contributed by atoms with van der Waals surface area (Å²) in [5, 5.41) is 6.88. The van der Waals surface area contributed by atoms with E-state index in [-0.39, 0.29) is 12.5 Å². The van der Waals surface area contributed by atoms with E-state index in [9.17, 15) is 4.79 Å². The van der Waals surface area contributed by atoms with Crippen molar-refractivity contribution in [2.75, 3.05) is 5.32 Å². The number of amides is 1. The highest BCUT2D eigenvalue weighted by atomic mass is 79.9. The summed E-state index contributed by atoms with van der Waals surface area (Å²) >= 11 is 3.18. The van der Waals surface area contributed by atoms with E-state index in [0.29, 0.717) is 10.4 Å². The van der Waals surface area contributed by atoms with Gasteiger partial charge in [-0.05, 0) is 35.8 Å². The first-order chi connectivity index (χ1) is 8.54. The van der Waals surface area contributed by atoms with Gasteiger partial charge in [-0.15, -0.1) is 0 Å². The van der Waals surface area contributed by atoms with E-state index in [1.165, 1.54) is 12.4 Å². The van der Waals surface area contributed by atoms with E-state index in [2.05, 4.69) is 36.3 Å². The number of halogens is 1. The van der Waals surface area contributed by atoms with Crippen LogP contribution in [0.3, 0.4) is 0 Å². The second-order valence-corrected chi connectivity index (χ2v) is 4.67. The van der Waals surface area contributed by atoms with Crippen molar-refractivity contribution in [1.82, 2.24) is 19.7 Å². The second-order valence-electron chi connectivity index (χ2n) is 3.86. The van der Waals surface area contributed by atoms with Gasteiger partial charge in [-0.25, -0.2) is 9.97 Å². The first-order valence-corrected chi connectivity index (χ1v) is 6.12. The molecule has 0 aliphatic rings. The SMILES string of the molecule is Cc1cc(C)n(CC(=O)Nc2cnc(Br)cn2)n1. The van der Waals surface area contributed by atoms with Crippen LogP contribution in [0.15, 0.2) is 23.1 Å². The summed E-state index contributed by atoms with van der Waals surface area (Å²) in [5.41, 5.74) is 1.84. The van der Waals surface area contributed by atoms with Crippen LogP contribution >= 0.6 is 15.9 Å². The van der Waals surface area contributed by atoms with Crippen LogP contribution in [-0.2, 0) is 11.3 Å². The highest BCUT2D eigenvalue weighted by Crippen LogP contribution is 2.07. The molecular weight excluding hydrogens is 298 g/mol. The zero-order chi connectivity index (χ0) is 13.1. The fourth-order valence-electron chi connectivity index (χ4n) is 1.53. The largest absolute Gasteiger partial charge is 0.308 e. The smallest absolute Gasteiger partial charge is 0.247 e. The number of rotatable bonds is 3. The van der Waals surface area contributed by atoms with Gasteiger partial charge >= 0.3 is 0 Å². The number of aromatic nitrogens is 4. The van der Waals surface area contributed by atoms with Gasteiger partial charge in [-0.1, -0.05) is 0 Å². The lowest BCUT2D eigenvalue weighted by Crippen LogP contribution is -2.20. The molecule has 0 aromatic carbocycles. The lowest BCUT2D eigenvalue weighted by Gasteiger charge is -2.05. The van der Waals surface area contributed by atoms with Crippen molar-refractivity contribution < 1.29 is 4.79 Å². The minimum absolute atomic E-state index is 0.164. The summed E-state index contributed by atoms with van der Waals surface area (Å²) in [6.45, 7) is 3.96. The van der Waals surface area contributed by atoms with E-state index in [1.807, 2.05) is 19.9 Å². The van der Waals surface area contributed by atoms with Crippen molar-refractivity contribution in [2.45, 2.75) is 20.4 Å². The minimum atomic E-state index is -0.183. The third kappa shape index (κ3) is 3.13. The van der Waals surface area contributed by atoms with Crippen LogP contribution in [0.5, 0.6) is 0 Å². The van der Waals surface area contributed by atoms with Crippen LogP contribution in [0.4, 0.5) is 5.82 Å². The monoisotopic (exact) mass is 309 g/mol. The van der Waals surface area contributed by atoms with Gasteiger partial charge in [0.1, 0.15) is 11.1 Å². The van der Waals surface area contributed by atoms with Gasteiger partial charge in [0.15, 0.2) is 5.82 Å². The third-order valence-corrected chi connectivity index (χ3v) is 2.69. The molecule has 0 saturated heterocycles. The molecule has 0 aliphatic heterocycles. The summed E-state index contributed by atoms with van der Waals surface area (Å²) in [4.78, 5) is 19.8. The number of carbonyl (C=O) groups is 1. The van der Waals surface area contributed by atoms with Gasteiger partial charge in [0, 0.05) is 5.69 Å². The summed E-state index contributed by atoms with van der Waals surface area (Å²) in [6.07, 6.45) is 3.02. The standard InChI is InChI=1S/C11H12BrN5O/c1-7-3-8(2)17(16-7)6-11(18)15-10-5-13-9(12)4-14-10/h3-5H,6H2,1-2H3,(H,14,15,18). The second kappa shape index (κ2) is 5.26. The topological polar surface area (TPSA) is 72.7 Å². The number of nitrogens with one attached hydrogen (secondary N) is 1. The van der Waals surface area contributed by atoms with Crippen molar-refractivity contribution in [3.63, 3.8) is 0 Å². The van der Waals surface area contributed by atoms with E-state index in [0.717, 1.165) is 11.4 Å². The van der Waals surface area contributed by atoms with Gasteiger partial charge < -0.3 is 5.32 Å². The molecule has 0 bridgehead atoms. The van der Waals surface area contributed by atoms with Crippen molar-refractivity contribution >= 4 is 27.7 Å². The molecule has 1 amide bonds. The van der Waals surface area contributed by atoms with Gasteiger partial charge in [-0.2, -0.15) is 5.10 Å². The molecule has 0 saturated carbocycles. The number of nitrogens with zero attached hydrogens (tertiary/aromatic N) is 4. The average Bonchev–Trinajstić information content (AvgIpc) is 2.61. The predicted octanol–water partition coefficient (Wildman–Crippen LogP) is 1.69. The molecule has 0 fully saturated rings. The molecule has 2 heterocycles. The fourth-order valence-corrected chi connectivity index (χ4v) is 1.73. The maximum atomic E-state index is 11.8. The molecule has 0 radical (unpaired) electrons. The number of hydrogen-bond donors (Lipinski definition) is 1. The zero-order valence-corrected chi connectivity index (χ0v) is 11.6. The summed E-state index contributed by atoms with van der Waals surface area (Å²) in [5.74, 6) is 0.238. The number of aryl methyl sites for hydroxylation is 2. The molecule has 2 rings (SSSR count). The van der Waals surface area contributed by atoms with Gasteiger partial charge in [0.2, 0.25) is 5.91 Å². The quantitative estimate of drug-likeness (QED) is 0.936. The lowest BCUT2D eigenvalue weighted by atomic mass is 10.4. The first kappa shape index (κ1) is 12.7. The Bertz CT molecular complexity index is 563. The molecule has 1 N–H and O–H groups in total. The molecule has 2 aromatic heterocycles. The molecule has 94 valence electrons. The summed E-state index contributed by atoms with van der Waals surface area (Å²) < 4.78 is 2.27. The normalized spacial score (nSPS) is 10.4. The van der Waals surface area contributed by atoms with Crippen molar-refractivity contribution in [3.8, 4) is 0 Å². The Balaban J connectivity index is 2.01. The van der Waals surface area contributed by atoms with Crippen LogP contribution in [0.1, 0.15) is 11.4 Å². The predicted molar refractivity (Wildman–Crippen MR) is 70.1 cm³/mol. The number of anilines is 1. The van der Waals surface area contributed by atoms with Crippen LogP contribution in [-0.4, -0.2) is 25.7 Å². The molecule has 7 heteroatoms. The Hall–Kier alpha value is -1.76. The highest BCUT2D eigenvalue weighted by Gasteiger charge is 2.08. The first-order valence-electron chi connectivity index (χ1n) is 5.33. The Morgan fingerprint density at radius 3 is 2.72 bits per heavy atom. The lowest BCUT2D eigenvalue weighted by molar-refractivity contribution is -0.117. The van der Waals surface area contributed by atoms with E-state index < -0.39 is 0 Å². The van der Waals surface area contributed by atoms with E-state index in [4.69, 9.17) is 0 Å². The molecule has 18 heavy (non-hydrogen) atoms. The molecule has 0 spiro atoms. The molecule has 0 atom stereocenters. The molecule has 0 unspecified atom stereocenters. The minimum Gasteiger partial charge on any atom is -0.308 e. The molecule has 0 aliphatic carbocycles. The maximum absolute atomic E-state index is 11.8. The molecule has 2 aromatic rings.